The summed E-state index contributed by atoms with van der Waals surface area (Å²) in [5.41, 5.74) is 0.640. The lowest BCUT2D eigenvalue weighted by Gasteiger charge is -2.04. The first-order valence-electron chi connectivity index (χ1n) is 8.42. The second-order valence-electron chi connectivity index (χ2n) is 5.56. The number of ether oxygens (including phenoxy) is 1. The minimum Gasteiger partial charge on any atom is -0.467 e. The quantitative estimate of drug-likeness (QED) is 0.556. The van der Waals surface area contributed by atoms with Gasteiger partial charge in [0.2, 0.25) is 17.6 Å². The van der Waals surface area contributed by atoms with Crippen LogP contribution in [0.2, 0.25) is 0 Å². The van der Waals surface area contributed by atoms with E-state index < -0.39 is 0 Å². The molecule has 0 aliphatic heterocycles. The molecule has 0 saturated heterocycles. The molecule has 0 aliphatic carbocycles. The van der Waals surface area contributed by atoms with E-state index in [2.05, 4.69) is 20.4 Å². The molecule has 1 amide bonds. The first-order chi connectivity index (χ1) is 12.8. The first kappa shape index (κ1) is 17.8. The van der Waals surface area contributed by atoms with Crippen molar-refractivity contribution in [1.29, 1.82) is 0 Å². The molecule has 0 aromatic carbocycles. The Morgan fingerprint density at radius 3 is 3.00 bits per heavy atom. The predicted molar refractivity (Wildman–Crippen MR) is 91.8 cm³/mol. The minimum absolute atomic E-state index is 0.0615. The number of pyridine rings is 1. The molecule has 0 spiro atoms. The second kappa shape index (κ2) is 9.47. The molecule has 0 aliphatic rings. The normalized spacial score (nSPS) is 10.8. The summed E-state index contributed by atoms with van der Waals surface area (Å²) in [6.07, 6.45) is 4.69. The van der Waals surface area contributed by atoms with Crippen molar-refractivity contribution in [3.63, 3.8) is 0 Å². The highest BCUT2D eigenvalue weighted by atomic mass is 16.5. The molecule has 8 nitrogen and oxygen atoms in total. The Hall–Kier alpha value is -3.00. The number of aryl methyl sites for hydroxylation is 1. The monoisotopic (exact) mass is 356 g/mol. The number of amides is 1. The van der Waals surface area contributed by atoms with Crippen LogP contribution in [-0.2, 0) is 22.6 Å². The molecule has 3 aromatic heterocycles. The van der Waals surface area contributed by atoms with Gasteiger partial charge in [-0.3, -0.25) is 9.78 Å². The fraction of sp³-hybridized carbons (Fsp3) is 0.333. The maximum atomic E-state index is 11.8. The molecule has 136 valence electrons. The number of furan rings is 1. The van der Waals surface area contributed by atoms with Gasteiger partial charge in [-0.05, 0) is 30.7 Å². The van der Waals surface area contributed by atoms with Crippen LogP contribution in [-0.4, -0.2) is 34.2 Å². The van der Waals surface area contributed by atoms with Gasteiger partial charge in [0, 0.05) is 32.2 Å². The third-order valence-corrected chi connectivity index (χ3v) is 3.54. The van der Waals surface area contributed by atoms with Gasteiger partial charge in [0.1, 0.15) is 18.1 Å². The number of rotatable bonds is 10. The highest BCUT2D eigenvalue weighted by molar-refractivity contribution is 5.75. The highest BCUT2D eigenvalue weighted by Gasteiger charge is 2.11. The largest absolute Gasteiger partial charge is 0.467 e. The molecule has 3 heterocycles. The summed E-state index contributed by atoms with van der Waals surface area (Å²) in [6, 6.07) is 9.15. The molecule has 0 radical (unpaired) electrons. The van der Waals surface area contributed by atoms with Gasteiger partial charge in [0.15, 0.2) is 0 Å². The Labute approximate surface area is 150 Å². The molecule has 3 aromatic rings. The van der Waals surface area contributed by atoms with E-state index in [1.807, 2.05) is 24.3 Å². The van der Waals surface area contributed by atoms with Crippen molar-refractivity contribution in [3.8, 4) is 11.5 Å². The highest BCUT2D eigenvalue weighted by Crippen LogP contribution is 2.12. The van der Waals surface area contributed by atoms with Crippen molar-refractivity contribution in [3.05, 3.63) is 54.4 Å². The van der Waals surface area contributed by atoms with Gasteiger partial charge in [0.25, 0.3) is 0 Å². The van der Waals surface area contributed by atoms with Gasteiger partial charge in [0.05, 0.1) is 6.26 Å². The zero-order valence-electron chi connectivity index (χ0n) is 14.3. The molecule has 1 N–H and O–H groups in total. The number of aromatic nitrogens is 3. The van der Waals surface area contributed by atoms with Gasteiger partial charge < -0.3 is 19.0 Å². The van der Waals surface area contributed by atoms with E-state index in [1.165, 1.54) is 0 Å². The van der Waals surface area contributed by atoms with Crippen LogP contribution in [0.15, 0.2) is 51.7 Å². The Balaban J connectivity index is 1.29. The van der Waals surface area contributed by atoms with Crippen molar-refractivity contribution >= 4 is 5.91 Å². The summed E-state index contributed by atoms with van der Waals surface area (Å²) in [5.74, 6) is 1.57. The van der Waals surface area contributed by atoms with Crippen LogP contribution in [0.3, 0.4) is 0 Å². The zero-order chi connectivity index (χ0) is 18.0. The van der Waals surface area contributed by atoms with E-state index in [9.17, 15) is 4.79 Å². The summed E-state index contributed by atoms with van der Waals surface area (Å²) in [5, 5.41) is 6.72. The van der Waals surface area contributed by atoms with Crippen LogP contribution in [0.1, 0.15) is 24.5 Å². The molecule has 0 unspecified atom stereocenters. The number of carbonyl (C=O) groups is 1. The van der Waals surface area contributed by atoms with E-state index in [0.29, 0.717) is 43.6 Å². The zero-order valence-corrected chi connectivity index (χ0v) is 14.3. The lowest BCUT2D eigenvalue weighted by molar-refractivity contribution is -0.121. The van der Waals surface area contributed by atoms with Crippen molar-refractivity contribution in [2.24, 2.45) is 0 Å². The fourth-order valence-electron chi connectivity index (χ4n) is 2.23. The summed E-state index contributed by atoms with van der Waals surface area (Å²) in [6.45, 7) is 1.55. The molecule has 0 saturated carbocycles. The van der Waals surface area contributed by atoms with Crippen molar-refractivity contribution < 1.29 is 18.5 Å². The molecule has 3 rings (SSSR count). The lowest BCUT2D eigenvalue weighted by atomic mass is 10.3. The van der Waals surface area contributed by atoms with Crippen LogP contribution >= 0.6 is 0 Å². The van der Waals surface area contributed by atoms with Gasteiger partial charge in [-0.2, -0.15) is 4.98 Å². The van der Waals surface area contributed by atoms with Crippen LogP contribution < -0.4 is 5.32 Å². The Morgan fingerprint density at radius 2 is 2.19 bits per heavy atom. The average Bonchev–Trinajstić information content (AvgIpc) is 3.35. The summed E-state index contributed by atoms with van der Waals surface area (Å²) in [4.78, 5) is 20.2. The summed E-state index contributed by atoms with van der Waals surface area (Å²) in [7, 11) is 0. The van der Waals surface area contributed by atoms with Crippen LogP contribution in [0.5, 0.6) is 0 Å². The Bertz CT molecular complexity index is 787. The predicted octanol–water partition coefficient (Wildman–Crippen LogP) is 2.38. The number of nitrogens with one attached hydrogen (secondary N) is 1. The van der Waals surface area contributed by atoms with Crippen LogP contribution in [0.4, 0.5) is 0 Å². The SMILES string of the molecule is O=C(CCc1nc(-c2ccccn2)no1)NCCCOCc1ccco1. The summed E-state index contributed by atoms with van der Waals surface area (Å²) >= 11 is 0. The van der Waals surface area contributed by atoms with Crippen molar-refractivity contribution in [2.75, 3.05) is 13.2 Å². The van der Waals surface area contributed by atoms with E-state index >= 15 is 0 Å². The van der Waals surface area contributed by atoms with Crippen molar-refractivity contribution in [1.82, 2.24) is 20.4 Å². The van der Waals surface area contributed by atoms with Crippen molar-refractivity contribution in [2.45, 2.75) is 25.9 Å². The van der Waals surface area contributed by atoms with Gasteiger partial charge in [-0.1, -0.05) is 11.2 Å². The molecule has 26 heavy (non-hydrogen) atoms. The number of hydrogen-bond donors (Lipinski definition) is 1. The third kappa shape index (κ3) is 5.52. The standard InChI is InChI=1S/C18H20N4O4/c23-16(20-10-4-11-24-13-14-5-3-12-25-14)7-8-17-21-18(22-26-17)15-6-1-2-9-19-15/h1-3,5-6,9,12H,4,7-8,10-11,13H2,(H,20,23). The molecule has 0 bridgehead atoms. The Kier molecular flexibility index (Phi) is 6.49. The maximum Gasteiger partial charge on any atom is 0.227 e. The van der Waals surface area contributed by atoms with Gasteiger partial charge in [-0.25, -0.2) is 0 Å². The minimum atomic E-state index is -0.0615. The van der Waals surface area contributed by atoms with Gasteiger partial charge in [-0.15, -0.1) is 0 Å². The average molecular weight is 356 g/mol. The molecule has 8 heteroatoms. The van der Waals surface area contributed by atoms with E-state index in [1.54, 1.807) is 18.5 Å². The van der Waals surface area contributed by atoms with Crippen LogP contribution in [0.25, 0.3) is 11.5 Å². The smallest absolute Gasteiger partial charge is 0.227 e. The van der Waals surface area contributed by atoms with E-state index in [-0.39, 0.29) is 12.3 Å². The number of carbonyl (C=O) groups excluding carboxylic acids is 1. The maximum absolute atomic E-state index is 11.8. The summed E-state index contributed by atoms with van der Waals surface area (Å²) < 4.78 is 15.8. The molecular formula is C18H20N4O4. The first-order valence-corrected chi connectivity index (χ1v) is 8.42. The fourth-order valence-corrected chi connectivity index (χ4v) is 2.23. The number of hydrogen-bond acceptors (Lipinski definition) is 7. The molecule has 0 fully saturated rings. The van der Waals surface area contributed by atoms with E-state index in [4.69, 9.17) is 13.7 Å². The number of nitrogens with zero attached hydrogens (tertiary/aromatic N) is 3. The molecule has 0 atom stereocenters. The van der Waals surface area contributed by atoms with Crippen LogP contribution in [0, 0.1) is 0 Å². The third-order valence-electron chi connectivity index (χ3n) is 3.54. The van der Waals surface area contributed by atoms with Gasteiger partial charge >= 0.3 is 0 Å². The van der Waals surface area contributed by atoms with E-state index in [0.717, 1.165) is 12.2 Å². The lowest BCUT2D eigenvalue weighted by Crippen LogP contribution is -2.25. The molecular weight excluding hydrogens is 336 g/mol. The second-order valence-corrected chi connectivity index (χ2v) is 5.56. The Morgan fingerprint density at radius 1 is 1.23 bits per heavy atom. The topological polar surface area (TPSA) is 103 Å².